The monoisotopic (exact) mass is 802 g/mol. The van der Waals surface area contributed by atoms with Gasteiger partial charge in [-0.25, -0.2) is 9.97 Å². The molecule has 0 saturated carbocycles. The Morgan fingerprint density at radius 3 is 1.75 bits per heavy atom. The summed E-state index contributed by atoms with van der Waals surface area (Å²) >= 11 is 1.88. The van der Waals surface area contributed by atoms with Gasteiger partial charge in [-0.1, -0.05) is 171 Å². The Labute approximate surface area is 360 Å². The van der Waals surface area contributed by atoms with E-state index in [1.54, 1.807) is 0 Å². The second-order valence-corrected chi connectivity index (χ2v) is 16.9. The molecular formula is C57H42N2OS. The van der Waals surface area contributed by atoms with Crippen molar-refractivity contribution in [3.63, 3.8) is 0 Å². The molecule has 0 radical (unpaired) electrons. The lowest BCUT2D eigenvalue weighted by Gasteiger charge is -2.44. The maximum Gasteiger partial charge on any atom is 0.160 e. The van der Waals surface area contributed by atoms with E-state index in [0.29, 0.717) is 5.82 Å². The highest BCUT2D eigenvalue weighted by Gasteiger charge is 2.46. The van der Waals surface area contributed by atoms with E-state index in [1.807, 2.05) is 36.0 Å². The topological polar surface area (TPSA) is 38.9 Å². The number of hydrogen-bond donors (Lipinski definition) is 0. The highest BCUT2D eigenvalue weighted by atomic mass is 32.2. The van der Waals surface area contributed by atoms with Crippen molar-refractivity contribution < 1.29 is 4.42 Å². The lowest BCUT2D eigenvalue weighted by molar-refractivity contribution is 0.669. The van der Waals surface area contributed by atoms with E-state index in [0.717, 1.165) is 68.4 Å². The van der Waals surface area contributed by atoms with Crippen molar-refractivity contribution in [3.8, 4) is 45.0 Å². The number of para-hydroxylation sites is 1. The van der Waals surface area contributed by atoms with Gasteiger partial charge in [-0.05, 0) is 106 Å². The molecule has 0 aliphatic carbocycles. The molecule has 0 spiro atoms. The Balaban J connectivity index is 1.10. The van der Waals surface area contributed by atoms with Crippen molar-refractivity contribution in [2.45, 2.75) is 41.9 Å². The number of nitrogens with zero attached hydrogens (tertiary/aromatic N) is 2. The number of aryl methyl sites for hydroxylation is 2. The number of aromatic nitrogens is 2. The molecule has 0 saturated heterocycles. The number of furan rings is 1. The molecule has 0 fully saturated rings. The van der Waals surface area contributed by atoms with Gasteiger partial charge in [0.05, 0.1) is 16.8 Å². The molecule has 3 heterocycles. The fourth-order valence-electron chi connectivity index (χ4n) is 9.53. The zero-order chi connectivity index (χ0) is 40.9. The Morgan fingerprint density at radius 2 is 0.984 bits per heavy atom. The minimum absolute atomic E-state index is 0.517. The smallest absolute Gasteiger partial charge is 0.160 e. The van der Waals surface area contributed by atoms with Crippen LogP contribution in [0.2, 0.25) is 0 Å². The largest absolute Gasteiger partial charge is 0.456 e. The van der Waals surface area contributed by atoms with E-state index in [9.17, 15) is 0 Å². The second-order valence-electron chi connectivity index (χ2n) is 15.8. The quantitative estimate of drug-likeness (QED) is 0.153. The van der Waals surface area contributed by atoms with Crippen molar-refractivity contribution in [1.29, 1.82) is 0 Å². The molecule has 0 bridgehead atoms. The summed E-state index contributed by atoms with van der Waals surface area (Å²) in [5.41, 5.74) is 16.2. The SMILES string of the molecule is CCc1ccccc1C1(c2cc(-c3cccc(-c4cc(-c5ccccc5)nc(-c5ccc6c(c5)oc5ccccc56)n4)c3)ccc2CC)c2ccccc2Sc2ccccc21. The molecule has 0 amide bonds. The van der Waals surface area contributed by atoms with Gasteiger partial charge in [0.15, 0.2) is 5.82 Å². The predicted molar refractivity (Wildman–Crippen MR) is 252 cm³/mol. The normalized spacial score (nSPS) is 13.0. The minimum Gasteiger partial charge on any atom is -0.456 e. The molecule has 0 N–H and O–H groups in total. The zero-order valence-corrected chi connectivity index (χ0v) is 34.9. The van der Waals surface area contributed by atoms with Crippen molar-refractivity contribution in [2.24, 2.45) is 0 Å². The van der Waals surface area contributed by atoms with Crippen molar-refractivity contribution in [2.75, 3.05) is 0 Å². The number of hydrogen-bond acceptors (Lipinski definition) is 4. The molecule has 1 aliphatic heterocycles. The van der Waals surface area contributed by atoms with Crippen LogP contribution in [0.4, 0.5) is 0 Å². The maximum atomic E-state index is 6.31. The number of fused-ring (bicyclic) bond motifs is 5. The number of benzene rings is 8. The zero-order valence-electron chi connectivity index (χ0n) is 34.1. The summed E-state index contributed by atoms with van der Waals surface area (Å²) in [4.78, 5) is 13.0. The molecule has 2 aromatic heterocycles. The fourth-order valence-corrected chi connectivity index (χ4v) is 10.7. The Bertz CT molecular complexity index is 3230. The lowest BCUT2D eigenvalue weighted by Crippen LogP contribution is -2.36. The van der Waals surface area contributed by atoms with Gasteiger partial charge in [-0.2, -0.15) is 0 Å². The van der Waals surface area contributed by atoms with Crippen LogP contribution in [-0.4, -0.2) is 9.97 Å². The molecule has 10 aromatic rings. The summed E-state index contributed by atoms with van der Waals surface area (Å²) in [6, 6.07) is 70.2. The average Bonchev–Trinajstić information content (AvgIpc) is 3.71. The van der Waals surface area contributed by atoms with Crippen LogP contribution in [0.3, 0.4) is 0 Å². The first-order valence-corrected chi connectivity index (χ1v) is 22.0. The lowest BCUT2D eigenvalue weighted by atomic mass is 9.62. The second kappa shape index (κ2) is 15.2. The Morgan fingerprint density at radius 1 is 0.410 bits per heavy atom. The van der Waals surface area contributed by atoms with Gasteiger partial charge in [0.1, 0.15) is 11.2 Å². The van der Waals surface area contributed by atoms with E-state index in [4.69, 9.17) is 14.4 Å². The average molecular weight is 803 g/mol. The first-order chi connectivity index (χ1) is 30.1. The predicted octanol–water partition coefficient (Wildman–Crippen LogP) is 15.0. The van der Waals surface area contributed by atoms with Crippen LogP contribution in [0.25, 0.3) is 67.0 Å². The third-order valence-electron chi connectivity index (χ3n) is 12.4. The van der Waals surface area contributed by atoms with Crippen molar-refractivity contribution in [1.82, 2.24) is 9.97 Å². The number of rotatable bonds is 8. The summed E-state index contributed by atoms with van der Waals surface area (Å²) in [6.45, 7) is 4.57. The molecule has 8 aromatic carbocycles. The third kappa shape index (κ3) is 6.21. The van der Waals surface area contributed by atoms with Crippen LogP contribution in [0.1, 0.15) is 47.2 Å². The van der Waals surface area contributed by atoms with Crippen molar-refractivity contribution >= 4 is 33.7 Å². The maximum absolute atomic E-state index is 6.31. The Kier molecular flexibility index (Phi) is 9.24. The van der Waals surface area contributed by atoms with Gasteiger partial charge in [0.25, 0.3) is 0 Å². The minimum atomic E-state index is -0.517. The van der Waals surface area contributed by atoms with Crippen LogP contribution in [0.15, 0.2) is 208 Å². The summed E-state index contributed by atoms with van der Waals surface area (Å²) < 4.78 is 6.31. The van der Waals surface area contributed by atoms with E-state index in [-0.39, 0.29) is 0 Å². The molecule has 3 nitrogen and oxygen atoms in total. The summed E-state index contributed by atoms with van der Waals surface area (Å²) in [5, 5.41) is 2.19. The van der Waals surface area contributed by atoms with Gasteiger partial charge < -0.3 is 4.42 Å². The van der Waals surface area contributed by atoms with Gasteiger partial charge in [0.2, 0.25) is 0 Å². The molecular weight excluding hydrogens is 761 g/mol. The van der Waals surface area contributed by atoms with Gasteiger partial charge in [-0.15, -0.1) is 0 Å². The standard InChI is InChI=1S/C57H42N2OS/c1-3-37-17-8-10-23-46(37)57(47-24-11-14-27-54(47)61-55-28-15-12-25-48(55)57)49-34-41(30-29-38(49)4-2)40-20-16-21-42(33-40)51-36-50(39-18-6-5-7-19-39)58-56(59-51)43-31-32-45-44-22-9-13-26-52(44)60-53(45)35-43/h5-36H,3-4H2,1-2H3. The summed E-state index contributed by atoms with van der Waals surface area (Å²) in [7, 11) is 0. The van der Waals surface area contributed by atoms with Crippen LogP contribution >= 0.6 is 11.8 Å². The molecule has 292 valence electrons. The molecule has 61 heavy (non-hydrogen) atoms. The van der Waals surface area contributed by atoms with Crippen LogP contribution < -0.4 is 0 Å². The third-order valence-corrected chi connectivity index (χ3v) is 13.6. The Hall–Kier alpha value is -7.01. The van der Waals surface area contributed by atoms with E-state index < -0.39 is 5.41 Å². The fraction of sp³-hybridized carbons (Fsp3) is 0.0877. The van der Waals surface area contributed by atoms with Gasteiger partial charge in [0, 0.05) is 37.3 Å². The van der Waals surface area contributed by atoms with E-state index in [2.05, 4.69) is 184 Å². The summed E-state index contributed by atoms with van der Waals surface area (Å²) in [5.74, 6) is 0.655. The van der Waals surface area contributed by atoms with E-state index in [1.165, 1.54) is 48.7 Å². The van der Waals surface area contributed by atoms with Gasteiger partial charge in [-0.3, -0.25) is 0 Å². The summed E-state index contributed by atoms with van der Waals surface area (Å²) in [6.07, 6.45) is 1.85. The highest BCUT2D eigenvalue weighted by Crippen LogP contribution is 2.57. The van der Waals surface area contributed by atoms with Crippen LogP contribution in [-0.2, 0) is 18.3 Å². The molecule has 1 aliphatic rings. The highest BCUT2D eigenvalue weighted by molar-refractivity contribution is 7.99. The molecule has 0 atom stereocenters. The van der Waals surface area contributed by atoms with Crippen molar-refractivity contribution in [3.05, 3.63) is 228 Å². The van der Waals surface area contributed by atoms with E-state index >= 15 is 0 Å². The van der Waals surface area contributed by atoms with Crippen LogP contribution in [0, 0.1) is 0 Å². The van der Waals surface area contributed by atoms with Crippen LogP contribution in [0.5, 0.6) is 0 Å². The molecule has 4 heteroatoms. The first-order valence-electron chi connectivity index (χ1n) is 21.2. The first kappa shape index (κ1) is 37.0. The molecule has 11 rings (SSSR count). The van der Waals surface area contributed by atoms with Gasteiger partial charge >= 0.3 is 0 Å². The molecule has 0 unspecified atom stereocenters.